The van der Waals surface area contributed by atoms with Crippen LogP contribution in [0.3, 0.4) is 0 Å². The quantitative estimate of drug-likeness (QED) is 0.745. The molecule has 0 spiro atoms. The van der Waals surface area contributed by atoms with Crippen LogP contribution in [-0.4, -0.2) is 32.6 Å². The lowest BCUT2D eigenvalue weighted by Gasteiger charge is -2.07. The molecule has 0 aliphatic heterocycles. The minimum Gasteiger partial charge on any atom is -0.481 e. The van der Waals surface area contributed by atoms with Crippen molar-refractivity contribution >= 4 is 17.6 Å². The molecular formula is C18H15ClN2O3. The molecule has 0 aliphatic rings. The first-order chi connectivity index (χ1) is 11.6. The second-order valence-corrected chi connectivity index (χ2v) is 5.61. The van der Waals surface area contributed by atoms with Crippen LogP contribution < -0.4 is 0 Å². The number of aromatic nitrogens is 2. The Bertz CT molecular complexity index is 847. The SMILES string of the molecule is O=C(O)C(CO)c1nn(-c2ccccc2)c(-c2ccccc2)c1Cl. The van der Waals surface area contributed by atoms with Crippen LogP contribution in [-0.2, 0) is 4.79 Å². The molecule has 0 amide bonds. The van der Waals surface area contributed by atoms with Crippen molar-refractivity contribution in [2.75, 3.05) is 6.61 Å². The number of nitrogens with zero attached hydrogens (tertiary/aromatic N) is 2. The van der Waals surface area contributed by atoms with Crippen molar-refractivity contribution < 1.29 is 15.0 Å². The highest BCUT2D eigenvalue weighted by Gasteiger charge is 2.29. The van der Waals surface area contributed by atoms with Crippen LogP contribution in [0.5, 0.6) is 0 Å². The third-order valence-corrected chi connectivity index (χ3v) is 4.08. The number of hydrogen-bond acceptors (Lipinski definition) is 3. The first-order valence-electron chi connectivity index (χ1n) is 7.36. The average molecular weight is 343 g/mol. The Morgan fingerprint density at radius 3 is 2.21 bits per heavy atom. The van der Waals surface area contributed by atoms with Crippen molar-refractivity contribution in [1.82, 2.24) is 9.78 Å². The van der Waals surface area contributed by atoms with Crippen LogP contribution in [0.1, 0.15) is 11.6 Å². The van der Waals surface area contributed by atoms with E-state index in [9.17, 15) is 15.0 Å². The van der Waals surface area contributed by atoms with Gasteiger partial charge in [-0.1, -0.05) is 60.1 Å². The van der Waals surface area contributed by atoms with Crippen LogP contribution in [0.25, 0.3) is 16.9 Å². The van der Waals surface area contributed by atoms with E-state index in [-0.39, 0.29) is 10.7 Å². The summed E-state index contributed by atoms with van der Waals surface area (Å²) in [6.07, 6.45) is 0. The molecule has 6 heteroatoms. The Morgan fingerprint density at radius 1 is 1.08 bits per heavy atom. The molecule has 3 aromatic rings. The molecule has 1 atom stereocenters. The van der Waals surface area contributed by atoms with E-state index in [0.29, 0.717) is 5.69 Å². The van der Waals surface area contributed by atoms with Crippen molar-refractivity contribution in [2.45, 2.75) is 5.92 Å². The molecule has 3 rings (SSSR count). The number of carbonyl (C=O) groups is 1. The number of para-hydroxylation sites is 1. The van der Waals surface area contributed by atoms with Gasteiger partial charge < -0.3 is 10.2 Å². The van der Waals surface area contributed by atoms with E-state index in [1.54, 1.807) is 4.68 Å². The molecule has 0 saturated carbocycles. The summed E-state index contributed by atoms with van der Waals surface area (Å²) in [6, 6.07) is 18.7. The second kappa shape index (κ2) is 6.86. The zero-order valence-electron chi connectivity index (χ0n) is 12.6. The smallest absolute Gasteiger partial charge is 0.315 e. The van der Waals surface area contributed by atoms with Gasteiger partial charge in [0.2, 0.25) is 0 Å². The van der Waals surface area contributed by atoms with Gasteiger partial charge in [0.25, 0.3) is 0 Å². The molecule has 2 N–H and O–H groups in total. The Balaban J connectivity index is 2.26. The minimum atomic E-state index is -1.18. The molecular weight excluding hydrogens is 328 g/mol. The highest BCUT2D eigenvalue weighted by molar-refractivity contribution is 6.34. The maximum Gasteiger partial charge on any atom is 0.315 e. The number of aliphatic carboxylic acids is 1. The van der Waals surface area contributed by atoms with E-state index in [0.717, 1.165) is 11.3 Å². The summed E-state index contributed by atoms with van der Waals surface area (Å²) in [5.74, 6) is -2.35. The molecule has 0 bridgehead atoms. The lowest BCUT2D eigenvalue weighted by Crippen LogP contribution is -2.16. The third-order valence-electron chi connectivity index (χ3n) is 3.71. The van der Waals surface area contributed by atoms with Crippen molar-refractivity contribution in [2.24, 2.45) is 0 Å². The zero-order valence-corrected chi connectivity index (χ0v) is 13.4. The lowest BCUT2D eigenvalue weighted by molar-refractivity contribution is -0.139. The molecule has 1 aromatic heterocycles. The summed E-state index contributed by atoms with van der Waals surface area (Å²) < 4.78 is 1.61. The maximum absolute atomic E-state index is 11.4. The molecule has 0 radical (unpaired) electrons. The Hall–Kier alpha value is -2.63. The van der Waals surface area contributed by atoms with Crippen LogP contribution >= 0.6 is 11.6 Å². The van der Waals surface area contributed by atoms with E-state index in [4.69, 9.17) is 11.6 Å². The molecule has 5 nitrogen and oxygen atoms in total. The van der Waals surface area contributed by atoms with E-state index < -0.39 is 18.5 Å². The number of aliphatic hydroxyl groups excluding tert-OH is 1. The van der Waals surface area contributed by atoms with Gasteiger partial charge in [0.05, 0.1) is 28.7 Å². The van der Waals surface area contributed by atoms with Gasteiger partial charge in [0.1, 0.15) is 5.92 Å². The predicted octanol–water partition coefficient (Wildman–Crippen LogP) is 3.35. The normalized spacial score (nSPS) is 12.1. The van der Waals surface area contributed by atoms with Gasteiger partial charge >= 0.3 is 5.97 Å². The fraction of sp³-hybridized carbons (Fsp3) is 0.111. The van der Waals surface area contributed by atoms with Crippen LogP contribution in [0.2, 0.25) is 5.02 Å². The molecule has 2 aromatic carbocycles. The molecule has 24 heavy (non-hydrogen) atoms. The van der Waals surface area contributed by atoms with Crippen LogP contribution in [0.4, 0.5) is 0 Å². The predicted molar refractivity (Wildman–Crippen MR) is 91.5 cm³/mol. The van der Waals surface area contributed by atoms with E-state index >= 15 is 0 Å². The van der Waals surface area contributed by atoms with Crippen molar-refractivity contribution in [3.05, 3.63) is 71.4 Å². The van der Waals surface area contributed by atoms with Crippen molar-refractivity contribution in [1.29, 1.82) is 0 Å². The van der Waals surface area contributed by atoms with Crippen LogP contribution in [0, 0.1) is 0 Å². The summed E-state index contributed by atoms with van der Waals surface area (Å²) in [7, 11) is 0. The number of rotatable bonds is 5. The standard InChI is InChI=1S/C18H15ClN2O3/c19-15-16(14(11-22)18(23)24)20-21(13-9-5-2-6-10-13)17(15)12-7-3-1-4-8-12/h1-10,14,22H,11H2,(H,23,24). The van der Waals surface area contributed by atoms with Gasteiger partial charge in [-0.3, -0.25) is 4.79 Å². The van der Waals surface area contributed by atoms with Gasteiger partial charge in [-0.15, -0.1) is 0 Å². The molecule has 0 aliphatic carbocycles. The number of carboxylic acids is 1. The van der Waals surface area contributed by atoms with Gasteiger partial charge in [-0.2, -0.15) is 5.10 Å². The monoisotopic (exact) mass is 342 g/mol. The summed E-state index contributed by atoms with van der Waals surface area (Å²) in [5, 5.41) is 23.4. The fourth-order valence-corrected chi connectivity index (χ4v) is 2.88. The number of aliphatic hydroxyl groups is 1. The molecule has 122 valence electrons. The number of halogens is 1. The summed E-state index contributed by atoms with van der Waals surface area (Å²) >= 11 is 6.47. The van der Waals surface area contributed by atoms with Crippen LogP contribution in [0.15, 0.2) is 60.7 Å². The number of benzene rings is 2. The lowest BCUT2D eigenvalue weighted by atomic mass is 10.1. The number of carboxylic acid groups (broad SMARTS) is 1. The van der Waals surface area contributed by atoms with E-state index in [2.05, 4.69) is 5.10 Å². The minimum absolute atomic E-state index is 0.148. The van der Waals surface area contributed by atoms with Gasteiger partial charge in [0, 0.05) is 5.56 Å². The first-order valence-corrected chi connectivity index (χ1v) is 7.74. The van der Waals surface area contributed by atoms with Gasteiger partial charge in [-0.05, 0) is 12.1 Å². The molecule has 1 heterocycles. The average Bonchev–Trinajstić information content (AvgIpc) is 2.94. The summed E-state index contributed by atoms with van der Waals surface area (Å²) in [4.78, 5) is 11.4. The maximum atomic E-state index is 11.4. The second-order valence-electron chi connectivity index (χ2n) is 5.23. The Kier molecular flexibility index (Phi) is 4.64. The van der Waals surface area contributed by atoms with Crippen molar-refractivity contribution in [3.8, 4) is 16.9 Å². The molecule has 1 unspecified atom stereocenters. The largest absolute Gasteiger partial charge is 0.481 e. The van der Waals surface area contributed by atoms with Crippen molar-refractivity contribution in [3.63, 3.8) is 0 Å². The highest BCUT2D eigenvalue weighted by Crippen LogP contribution is 2.36. The van der Waals surface area contributed by atoms with Gasteiger partial charge in [0.15, 0.2) is 0 Å². The highest BCUT2D eigenvalue weighted by atomic mass is 35.5. The zero-order chi connectivity index (χ0) is 17.1. The Morgan fingerprint density at radius 2 is 1.67 bits per heavy atom. The number of hydrogen-bond donors (Lipinski definition) is 2. The topological polar surface area (TPSA) is 75.3 Å². The third kappa shape index (κ3) is 2.91. The Labute approximate surface area is 143 Å². The summed E-state index contributed by atoms with van der Waals surface area (Å²) in [6.45, 7) is -0.574. The fourth-order valence-electron chi connectivity index (χ4n) is 2.52. The summed E-state index contributed by atoms with van der Waals surface area (Å²) in [5.41, 5.74) is 2.31. The molecule has 0 fully saturated rings. The first kappa shape index (κ1) is 16.2. The van der Waals surface area contributed by atoms with Gasteiger partial charge in [-0.25, -0.2) is 4.68 Å². The van der Waals surface area contributed by atoms with E-state index in [1.807, 2.05) is 60.7 Å². The molecule has 0 saturated heterocycles. The van der Waals surface area contributed by atoms with E-state index in [1.165, 1.54) is 0 Å².